The summed E-state index contributed by atoms with van der Waals surface area (Å²) in [6, 6.07) is 74.3. The lowest BCUT2D eigenvalue weighted by Gasteiger charge is -2.33. The van der Waals surface area contributed by atoms with Crippen LogP contribution in [0.2, 0.25) is 0 Å². The second-order valence-corrected chi connectivity index (χ2v) is 35.4. The summed E-state index contributed by atoms with van der Waals surface area (Å²) in [6.45, 7) is -0.465. The van der Waals surface area contributed by atoms with Crippen molar-refractivity contribution in [1.29, 1.82) is 0 Å². The van der Waals surface area contributed by atoms with Crippen LogP contribution in [-0.2, 0) is 152 Å². The monoisotopic (exact) mass is 1970 g/mol. The number of amides is 3. The molecule has 0 unspecified atom stereocenters. The molecule has 0 saturated carbocycles. The summed E-state index contributed by atoms with van der Waals surface area (Å²) >= 11 is 0. The summed E-state index contributed by atoms with van der Waals surface area (Å²) < 4.78 is 178. The SMILES string of the molecule is O=C(O)CCC(=O)N(CC(=O)NC(COC(COC1COC(c2ccccc2)OC1)COC1COC(c2ccccc2)OC1)COC(COC1COC(c2ccccc2)OC1)COC1COC(c2ccccc2)OC1)CC(=O)NC(COC(COC1COC(c2ccccc2)OC1)COC1COC(c2ccccc2)OC1)COC(COC1COC(c2ccccc2)OC1)COC1COC(c2ccccc2)OC1. The number of aliphatic carboxylic acids is 1. The van der Waals surface area contributed by atoms with Crippen LogP contribution in [-0.4, -0.2) is 317 Å². The van der Waals surface area contributed by atoms with E-state index in [4.69, 9.17) is 133 Å². The Morgan fingerprint density at radius 1 is 0.239 bits per heavy atom. The molecular formula is C106H129N3O33. The zero-order chi connectivity index (χ0) is 97.3. The van der Waals surface area contributed by atoms with Gasteiger partial charge in [0.1, 0.15) is 86.3 Å². The molecule has 142 heavy (non-hydrogen) atoms. The second-order valence-electron chi connectivity index (χ2n) is 35.4. The molecule has 0 atom stereocenters. The van der Waals surface area contributed by atoms with Crippen LogP contribution in [0.5, 0.6) is 0 Å². The Balaban J connectivity index is 0.647. The molecule has 0 spiro atoms. The van der Waals surface area contributed by atoms with E-state index >= 15 is 9.59 Å². The van der Waals surface area contributed by atoms with E-state index in [9.17, 15) is 14.7 Å². The first-order valence-corrected chi connectivity index (χ1v) is 48.6. The Morgan fingerprint density at radius 2 is 0.394 bits per heavy atom. The molecule has 8 heterocycles. The zero-order valence-electron chi connectivity index (χ0n) is 79.4. The van der Waals surface area contributed by atoms with E-state index in [0.29, 0.717) is 0 Å². The molecule has 0 aliphatic carbocycles. The number of benzene rings is 8. The minimum Gasteiger partial charge on any atom is -0.481 e. The number of rotatable bonds is 53. The van der Waals surface area contributed by atoms with Crippen molar-refractivity contribution in [2.75, 3.05) is 198 Å². The molecule has 16 rings (SSSR count). The number of nitrogens with zero attached hydrogens (tertiary/aromatic N) is 1. The van der Waals surface area contributed by atoms with Gasteiger partial charge in [-0.3, -0.25) is 19.2 Å². The van der Waals surface area contributed by atoms with E-state index in [2.05, 4.69) is 10.6 Å². The third-order valence-corrected chi connectivity index (χ3v) is 24.1. The van der Waals surface area contributed by atoms with E-state index in [1.807, 2.05) is 243 Å². The Kier molecular flexibility index (Phi) is 42.6. The molecule has 3 amide bonds. The molecule has 0 bridgehead atoms. The number of nitrogens with one attached hydrogen (secondary N) is 2. The lowest BCUT2D eigenvalue weighted by molar-refractivity contribution is -0.245. The number of hydrogen-bond donors (Lipinski definition) is 3. The summed E-state index contributed by atoms with van der Waals surface area (Å²) in [4.78, 5) is 59.1. The van der Waals surface area contributed by atoms with Crippen molar-refractivity contribution in [1.82, 2.24) is 15.5 Å². The highest BCUT2D eigenvalue weighted by atomic mass is 16.8. The van der Waals surface area contributed by atoms with Gasteiger partial charge in [0.05, 0.1) is 203 Å². The standard InChI is InChI=1S/C106H129N3O33/c110-95(107-81(45-115-83(49-119-87-57-127-99(128-58-87)73-25-9-1-10-26-73)50-120-88-59-129-100(130-60-88)74-27-11-2-12-28-74)46-116-84(51-121-89-61-131-101(132-62-89)75-29-13-3-14-30-75)52-122-90-63-133-102(134-64-90)76-31-15-4-16-32-76)43-109(97(112)41-42-98(113)114)44-96(111)108-82(47-117-85(53-123-91-65-135-103(136-66-91)77-33-17-5-18-34-77)54-124-92-67-137-104(138-68-92)78-35-19-6-20-36-78)48-118-86(55-125-93-69-139-105(140-70-93)79-37-21-7-22-38-79)56-126-94-71-141-106(142-72-94)80-39-23-8-24-40-80/h1-40,81-94,99-106H,41-72H2,(H,107,110)(H,108,111)(H,113,114). The maximum Gasteiger partial charge on any atom is 0.303 e. The Hall–Kier alpha value is -9.48. The van der Waals surface area contributed by atoms with Crippen molar-refractivity contribution in [3.63, 3.8) is 0 Å². The van der Waals surface area contributed by atoms with Crippen LogP contribution in [0.4, 0.5) is 0 Å². The number of carbonyl (C=O) groups excluding carboxylic acids is 3. The average molecular weight is 1970 g/mol. The van der Waals surface area contributed by atoms with Crippen LogP contribution in [0.1, 0.15) is 108 Å². The fourth-order valence-electron chi connectivity index (χ4n) is 16.4. The van der Waals surface area contributed by atoms with Crippen LogP contribution in [0, 0.1) is 0 Å². The number of carboxylic acids is 1. The highest BCUT2D eigenvalue weighted by Gasteiger charge is 2.37. The lowest BCUT2D eigenvalue weighted by Crippen LogP contribution is -2.52. The van der Waals surface area contributed by atoms with Crippen molar-refractivity contribution in [2.24, 2.45) is 0 Å². The fourth-order valence-corrected chi connectivity index (χ4v) is 16.4. The van der Waals surface area contributed by atoms with E-state index in [1.165, 1.54) is 0 Å². The first-order chi connectivity index (χ1) is 69.9. The molecule has 8 aromatic rings. The summed E-state index contributed by atoms with van der Waals surface area (Å²) in [5.74, 6) is -3.77. The molecule has 8 aromatic carbocycles. The van der Waals surface area contributed by atoms with E-state index in [-0.39, 0.29) is 185 Å². The predicted molar refractivity (Wildman–Crippen MR) is 503 cm³/mol. The molecule has 8 saturated heterocycles. The van der Waals surface area contributed by atoms with E-state index < -0.39 is 185 Å². The molecule has 0 radical (unpaired) electrons. The second kappa shape index (κ2) is 57.4. The largest absolute Gasteiger partial charge is 0.481 e. The quantitative estimate of drug-likeness (QED) is 0.0319. The Labute approximate surface area is 825 Å². The molecule has 8 aliphatic heterocycles. The third-order valence-electron chi connectivity index (χ3n) is 24.1. The molecule has 0 aromatic heterocycles. The minimum absolute atomic E-state index is 0.0684. The maximum absolute atomic E-state index is 15.4. The van der Waals surface area contributed by atoms with Crippen molar-refractivity contribution >= 4 is 23.7 Å². The minimum atomic E-state index is -1.31. The topological polar surface area (TPSA) is 374 Å². The number of hydrogen-bond acceptors (Lipinski definition) is 32. The van der Waals surface area contributed by atoms with Gasteiger partial charge in [-0.15, -0.1) is 0 Å². The van der Waals surface area contributed by atoms with Gasteiger partial charge in [0.15, 0.2) is 50.3 Å². The molecule has 3 N–H and O–H groups in total. The van der Waals surface area contributed by atoms with Gasteiger partial charge in [-0.2, -0.15) is 0 Å². The summed E-state index contributed by atoms with van der Waals surface area (Å²) in [6.07, 6.45) is -14.0. The summed E-state index contributed by atoms with van der Waals surface area (Å²) in [5, 5.41) is 16.2. The molecule has 766 valence electrons. The van der Waals surface area contributed by atoms with Crippen LogP contribution >= 0.6 is 0 Å². The summed E-state index contributed by atoms with van der Waals surface area (Å²) in [7, 11) is 0. The predicted octanol–water partition coefficient (Wildman–Crippen LogP) is 10.2. The highest BCUT2D eigenvalue weighted by molar-refractivity contribution is 5.90. The first kappa shape index (κ1) is 105. The van der Waals surface area contributed by atoms with Crippen molar-refractivity contribution in [3.8, 4) is 0 Å². The smallest absolute Gasteiger partial charge is 0.303 e. The van der Waals surface area contributed by atoms with Crippen LogP contribution in [0.15, 0.2) is 243 Å². The number of carbonyl (C=O) groups is 4. The lowest BCUT2D eigenvalue weighted by atomic mass is 10.2. The Bertz CT molecular complexity index is 4040. The molecule has 8 aliphatic rings. The van der Waals surface area contributed by atoms with E-state index in [1.54, 1.807) is 0 Å². The summed E-state index contributed by atoms with van der Waals surface area (Å²) in [5.41, 5.74) is 6.76. The van der Waals surface area contributed by atoms with Gasteiger partial charge in [-0.05, 0) is 0 Å². The van der Waals surface area contributed by atoms with Crippen molar-refractivity contribution in [3.05, 3.63) is 287 Å². The van der Waals surface area contributed by atoms with Gasteiger partial charge < -0.3 is 153 Å². The normalized spacial score (nSPS) is 26.3. The highest BCUT2D eigenvalue weighted by Crippen LogP contribution is 2.33. The van der Waals surface area contributed by atoms with Gasteiger partial charge in [-0.25, -0.2) is 0 Å². The Morgan fingerprint density at radius 3 is 0.542 bits per heavy atom. The third kappa shape index (κ3) is 34.6. The van der Waals surface area contributed by atoms with Gasteiger partial charge in [0.2, 0.25) is 17.7 Å². The first-order valence-electron chi connectivity index (χ1n) is 48.6. The van der Waals surface area contributed by atoms with Gasteiger partial charge in [0, 0.05) is 50.9 Å². The van der Waals surface area contributed by atoms with Crippen LogP contribution < -0.4 is 10.6 Å². The average Bonchev–Trinajstić information content (AvgIpc) is 0.877. The van der Waals surface area contributed by atoms with Gasteiger partial charge in [-0.1, -0.05) is 243 Å². The molecule has 8 fully saturated rings. The van der Waals surface area contributed by atoms with Crippen LogP contribution in [0.25, 0.3) is 0 Å². The number of carboxylic acid groups (broad SMARTS) is 1. The molecular weight excluding hydrogens is 1840 g/mol. The van der Waals surface area contributed by atoms with Gasteiger partial charge >= 0.3 is 5.97 Å². The van der Waals surface area contributed by atoms with Gasteiger partial charge in [0.25, 0.3) is 0 Å². The fraction of sp³-hybridized carbons (Fsp3) is 0.509. The molecule has 36 nitrogen and oxygen atoms in total. The van der Waals surface area contributed by atoms with Crippen molar-refractivity contribution < 1.29 is 157 Å². The molecule has 36 heteroatoms. The van der Waals surface area contributed by atoms with E-state index in [0.717, 1.165) is 49.4 Å². The maximum atomic E-state index is 15.4. The van der Waals surface area contributed by atoms with Crippen LogP contribution in [0.3, 0.4) is 0 Å². The number of ether oxygens (including phenoxy) is 28. The zero-order valence-corrected chi connectivity index (χ0v) is 79.4. The van der Waals surface area contributed by atoms with Crippen molar-refractivity contribution in [2.45, 2.75) is 148 Å².